The predicted octanol–water partition coefficient (Wildman–Crippen LogP) is 3.59. The fourth-order valence-corrected chi connectivity index (χ4v) is 4.37. The lowest BCUT2D eigenvalue weighted by molar-refractivity contribution is 0.598. The summed E-state index contributed by atoms with van der Waals surface area (Å²) in [7, 11) is -3.19. The lowest BCUT2D eigenvalue weighted by Gasteiger charge is -2.14. The molecule has 0 saturated carbocycles. The van der Waals surface area contributed by atoms with Crippen molar-refractivity contribution < 1.29 is 8.42 Å². The van der Waals surface area contributed by atoms with Crippen molar-refractivity contribution in [1.82, 2.24) is 0 Å². The third kappa shape index (κ3) is 2.30. The van der Waals surface area contributed by atoms with Crippen LogP contribution in [0, 0.1) is 6.92 Å². The first-order valence-corrected chi connectivity index (χ1v) is 8.35. The number of fused-ring (bicyclic) bond motifs is 1. The highest BCUT2D eigenvalue weighted by Gasteiger charge is 2.34. The lowest BCUT2D eigenvalue weighted by Crippen LogP contribution is -2.12. The number of benzene rings is 2. The Morgan fingerprint density at radius 2 is 1.95 bits per heavy atom. The van der Waals surface area contributed by atoms with E-state index in [-0.39, 0.29) is 11.8 Å². The molecule has 0 amide bonds. The molecular weight excluding hydrogens is 294 g/mol. The van der Waals surface area contributed by atoms with Crippen LogP contribution in [0.1, 0.15) is 17.2 Å². The smallest absolute Gasteiger partial charge is 0.181 e. The Kier molecular flexibility index (Phi) is 3.22. The van der Waals surface area contributed by atoms with Gasteiger partial charge in [0, 0.05) is 10.7 Å². The number of halogens is 1. The molecule has 0 aromatic heterocycles. The number of aryl methyl sites for hydroxylation is 1. The van der Waals surface area contributed by atoms with Gasteiger partial charge in [0.1, 0.15) is 0 Å². The number of hydrogen-bond acceptors (Lipinski definition) is 3. The molecule has 0 radical (unpaired) electrons. The zero-order valence-electron chi connectivity index (χ0n) is 10.9. The zero-order valence-corrected chi connectivity index (χ0v) is 12.5. The van der Waals surface area contributed by atoms with Gasteiger partial charge in [0.05, 0.1) is 16.7 Å². The van der Waals surface area contributed by atoms with Crippen LogP contribution in [0.3, 0.4) is 0 Å². The van der Waals surface area contributed by atoms with Crippen LogP contribution in [0.15, 0.2) is 47.4 Å². The van der Waals surface area contributed by atoms with Crippen LogP contribution in [0.25, 0.3) is 0 Å². The summed E-state index contributed by atoms with van der Waals surface area (Å²) in [5.41, 5.74) is 2.65. The van der Waals surface area contributed by atoms with Gasteiger partial charge in [-0.25, -0.2) is 8.42 Å². The van der Waals surface area contributed by atoms with Crippen LogP contribution in [0.5, 0.6) is 0 Å². The van der Waals surface area contributed by atoms with Crippen molar-refractivity contribution in [2.45, 2.75) is 17.9 Å². The molecule has 0 fully saturated rings. The lowest BCUT2D eigenvalue weighted by atomic mass is 10.1. The Hall–Kier alpha value is -1.52. The van der Waals surface area contributed by atoms with Crippen LogP contribution in [0.2, 0.25) is 5.02 Å². The maximum absolute atomic E-state index is 12.1. The van der Waals surface area contributed by atoms with Crippen LogP contribution in [-0.2, 0) is 9.84 Å². The zero-order chi connectivity index (χ0) is 14.3. The monoisotopic (exact) mass is 307 g/mol. The van der Waals surface area contributed by atoms with Gasteiger partial charge in [-0.3, -0.25) is 0 Å². The minimum Gasteiger partial charge on any atom is -0.377 e. The van der Waals surface area contributed by atoms with E-state index in [1.807, 2.05) is 37.3 Å². The molecule has 20 heavy (non-hydrogen) atoms. The molecule has 3 rings (SSSR count). The van der Waals surface area contributed by atoms with Crippen molar-refractivity contribution in [2.24, 2.45) is 0 Å². The van der Waals surface area contributed by atoms with Gasteiger partial charge in [-0.1, -0.05) is 35.9 Å². The van der Waals surface area contributed by atoms with Gasteiger partial charge in [-0.05, 0) is 36.2 Å². The summed E-state index contributed by atoms with van der Waals surface area (Å²) in [4.78, 5) is 0.427. The Morgan fingerprint density at radius 1 is 1.20 bits per heavy atom. The largest absolute Gasteiger partial charge is 0.377 e. The minimum atomic E-state index is -3.19. The van der Waals surface area contributed by atoms with Crippen molar-refractivity contribution in [1.29, 1.82) is 0 Å². The molecule has 2 aromatic rings. The number of sulfone groups is 1. The summed E-state index contributed by atoms with van der Waals surface area (Å²) in [6.07, 6.45) is 0. The SMILES string of the molecule is Cc1ccc(NC2CS(=O)(=O)c3ccccc32)cc1Cl. The van der Waals surface area contributed by atoms with Crippen molar-refractivity contribution >= 4 is 27.1 Å². The Bertz CT molecular complexity index is 771. The highest BCUT2D eigenvalue weighted by molar-refractivity contribution is 7.91. The molecular formula is C15H14ClNO2S. The topological polar surface area (TPSA) is 46.2 Å². The average molecular weight is 308 g/mol. The van der Waals surface area contributed by atoms with Gasteiger partial charge in [0.15, 0.2) is 9.84 Å². The Labute approximate surface area is 123 Å². The van der Waals surface area contributed by atoms with Gasteiger partial charge in [-0.15, -0.1) is 0 Å². The third-order valence-corrected chi connectivity index (χ3v) is 5.75. The maximum atomic E-state index is 12.1. The summed E-state index contributed by atoms with van der Waals surface area (Å²) in [5, 5.41) is 3.93. The molecule has 104 valence electrons. The molecule has 1 atom stereocenters. The van der Waals surface area contributed by atoms with Gasteiger partial charge < -0.3 is 5.32 Å². The van der Waals surface area contributed by atoms with Crippen LogP contribution in [0.4, 0.5) is 5.69 Å². The van der Waals surface area contributed by atoms with E-state index in [1.165, 1.54) is 0 Å². The van der Waals surface area contributed by atoms with Crippen LogP contribution < -0.4 is 5.32 Å². The molecule has 0 spiro atoms. The van der Waals surface area contributed by atoms with E-state index in [2.05, 4.69) is 5.32 Å². The first-order chi connectivity index (χ1) is 9.47. The van der Waals surface area contributed by atoms with Crippen molar-refractivity contribution in [3.8, 4) is 0 Å². The predicted molar refractivity (Wildman–Crippen MR) is 81.0 cm³/mol. The number of nitrogens with one attached hydrogen (secondary N) is 1. The van der Waals surface area contributed by atoms with Crippen molar-refractivity contribution in [3.05, 3.63) is 58.6 Å². The summed E-state index contributed by atoms with van der Waals surface area (Å²) >= 11 is 6.10. The molecule has 3 nitrogen and oxygen atoms in total. The number of hydrogen-bond donors (Lipinski definition) is 1. The molecule has 0 saturated heterocycles. The average Bonchev–Trinajstić information content (AvgIpc) is 2.66. The normalized spacial score (nSPS) is 19.6. The molecule has 1 aliphatic heterocycles. The van der Waals surface area contributed by atoms with Crippen molar-refractivity contribution in [3.63, 3.8) is 0 Å². The molecule has 1 aliphatic rings. The van der Waals surface area contributed by atoms with Gasteiger partial charge in [-0.2, -0.15) is 0 Å². The van der Waals surface area contributed by atoms with E-state index in [1.54, 1.807) is 12.1 Å². The molecule has 0 aliphatic carbocycles. The summed E-state index contributed by atoms with van der Waals surface area (Å²) in [6.45, 7) is 1.93. The fraction of sp³-hybridized carbons (Fsp3) is 0.200. The highest BCUT2D eigenvalue weighted by atomic mass is 35.5. The second-order valence-electron chi connectivity index (χ2n) is 4.98. The Balaban J connectivity index is 1.95. The molecule has 0 bridgehead atoms. The fourth-order valence-electron chi connectivity index (χ4n) is 2.45. The second-order valence-corrected chi connectivity index (χ2v) is 7.39. The third-order valence-electron chi connectivity index (χ3n) is 3.53. The second kappa shape index (κ2) is 4.79. The number of anilines is 1. The molecule has 5 heteroatoms. The van der Waals surface area contributed by atoms with E-state index in [4.69, 9.17) is 11.6 Å². The van der Waals surface area contributed by atoms with E-state index < -0.39 is 9.84 Å². The van der Waals surface area contributed by atoms with E-state index in [9.17, 15) is 8.42 Å². The molecule has 1 N–H and O–H groups in total. The maximum Gasteiger partial charge on any atom is 0.181 e. The van der Waals surface area contributed by atoms with Crippen LogP contribution in [-0.4, -0.2) is 14.2 Å². The Morgan fingerprint density at radius 3 is 2.70 bits per heavy atom. The first kappa shape index (κ1) is 13.5. The van der Waals surface area contributed by atoms with Crippen molar-refractivity contribution in [2.75, 3.05) is 11.1 Å². The van der Waals surface area contributed by atoms with Gasteiger partial charge in [0.25, 0.3) is 0 Å². The summed E-state index contributed by atoms with van der Waals surface area (Å²) in [6, 6.07) is 12.5. The molecule has 1 unspecified atom stereocenters. The van der Waals surface area contributed by atoms with E-state index in [0.29, 0.717) is 9.92 Å². The van der Waals surface area contributed by atoms with Crippen LogP contribution >= 0.6 is 11.6 Å². The van der Waals surface area contributed by atoms with Gasteiger partial charge in [0.2, 0.25) is 0 Å². The minimum absolute atomic E-state index is 0.0812. The first-order valence-electron chi connectivity index (χ1n) is 6.32. The van der Waals surface area contributed by atoms with E-state index in [0.717, 1.165) is 16.8 Å². The standard InChI is InChI=1S/C15H14ClNO2S/c1-10-6-7-11(8-13(10)16)17-14-9-20(18,19)15-5-3-2-4-12(14)15/h2-8,14,17H,9H2,1H3. The summed E-state index contributed by atoms with van der Waals surface area (Å²) < 4.78 is 24.2. The van der Waals surface area contributed by atoms with Gasteiger partial charge >= 0.3 is 0 Å². The molecule has 1 heterocycles. The quantitative estimate of drug-likeness (QED) is 0.922. The van der Waals surface area contributed by atoms with E-state index >= 15 is 0 Å². The number of rotatable bonds is 2. The highest BCUT2D eigenvalue weighted by Crippen LogP contribution is 2.35. The molecule has 2 aromatic carbocycles. The summed E-state index contributed by atoms with van der Waals surface area (Å²) in [5.74, 6) is 0.0812.